The molecule has 0 aliphatic rings. The molecule has 0 fully saturated rings. The van der Waals surface area contributed by atoms with Crippen LogP contribution in [0.3, 0.4) is 0 Å². The summed E-state index contributed by atoms with van der Waals surface area (Å²) in [7, 11) is 0. The topological polar surface area (TPSA) is 0 Å². The van der Waals surface area contributed by atoms with Gasteiger partial charge in [-0.2, -0.15) is 0 Å². The lowest BCUT2D eigenvalue weighted by Crippen LogP contribution is -1.86. The van der Waals surface area contributed by atoms with Crippen LogP contribution < -0.4 is 0 Å². The Hall–Kier alpha value is 0.220. The summed E-state index contributed by atoms with van der Waals surface area (Å²) in [6.45, 7) is 4.50. The van der Waals surface area contributed by atoms with Gasteiger partial charge in [0.2, 0.25) is 0 Å². The van der Waals surface area contributed by atoms with Gasteiger partial charge in [0.25, 0.3) is 0 Å². The van der Waals surface area contributed by atoms with E-state index < -0.39 is 0 Å². The first-order valence-electron chi connectivity index (χ1n) is 4.03. The Morgan fingerprint density at radius 2 is 2.20 bits per heavy atom. The van der Waals surface area contributed by atoms with E-state index in [1.54, 1.807) is 0 Å². The van der Waals surface area contributed by atoms with E-state index in [-0.39, 0.29) is 0 Å². The Labute approximate surface area is 72.8 Å². The summed E-state index contributed by atoms with van der Waals surface area (Å²) in [6.07, 6.45) is 8.34. The van der Waals surface area contributed by atoms with Gasteiger partial charge in [-0.1, -0.05) is 48.4 Å². The standard InChI is InChI=1S/C9H17Br/c1-3-6-9(2)7-4-5-8-10/h4,7,9H,3,5-6,8H2,1-2H3/b7-4+. The van der Waals surface area contributed by atoms with Crippen LogP contribution in [-0.2, 0) is 0 Å². The first-order valence-corrected chi connectivity index (χ1v) is 5.16. The molecule has 0 aliphatic heterocycles. The predicted molar refractivity (Wildman–Crippen MR) is 51.6 cm³/mol. The molecule has 1 unspecified atom stereocenters. The van der Waals surface area contributed by atoms with Crippen molar-refractivity contribution in [2.24, 2.45) is 5.92 Å². The Balaban J connectivity index is 3.26. The van der Waals surface area contributed by atoms with Gasteiger partial charge in [-0.15, -0.1) is 0 Å². The van der Waals surface area contributed by atoms with Crippen LogP contribution in [0.1, 0.15) is 33.1 Å². The Bertz CT molecular complexity index is 86.7. The van der Waals surface area contributed by atoms with E-state index in [1.807, 2.05) is 0 Å². The van der Waals surface area contributed by atoms with Crippen LogP contribution in [0, 0.1) is 5.92 Å². The van der Waals surface area contributed by atoms with Crippen molar-refractivity contribution in [1.82, 2.24) is 0 Å². The van der Waals surface area contributed by atoms with Gasteiger partial charge in [0.15, 0.2) is 0 Å². The molecule has 0 aromatic carbocycles. The average Bonchev–Trinajstić information content (AvgIpc) is 1.89. The van der Waals surface area contributed by atoms with E-state index in [2.05, 4.69) is 41.9 Å². The van der Waals surface area contributed by atoms with Crippen molar-refractivity contribution in [3.05, 3.63) is 12.2 Å². The third-order valence-electron chi connectivity index (χ3n) is 1.48. The summed E-state index contributed by atoms with van der Waals surface area (Å²) in [6, 6.07) is 0. The highest BCUT2D eigenvalue weighted by atomic mass is 79.9. The second kappa shape index (κ2) is 7.33. The van der Waals surface area contributed by atoms with Crippen molar-refractivity contribution in [3.8, 4) is 0 Å². The highest BCUT2D eigenvalue weighted by Gasteiger charge is 1.91. The molecule has 1 heteroatoms. The number of alkyl halides is 1. The van der Waals surface area contributed by atoms with Crippen molar-refractivity contribution < 1.29 is 0 Å². The monoisotopic (exact) mass is 204 g/mol. The maximum Gasteiger partial charge on any atom is 0.00659 e. The van der Waals surface area contributed by atoms with E-state index in [1.165, 1.54) is 12.8 Å². The first-order chi connectivity index (χ1) is 4.81. The lowest BCUT2D eigenvalue weighted by Gasteiger charge is -2.00. The third-order valence-corrected chi connectivity index (χ3v) is 1.94. The first kappa shape index (κ1) is 10.2. The zero-order valence-corrected chi connectivity index (χ0v) is 8.52. The fraction of sp³-hybridized carbons (Fsp3) is 0.778. The molecule has 0 radical (unpaired) electrons. The van der Waals surface area contributed by atoms with Crippen LogP contribution >= 0.6 is 15.9 Å². The molecule has 0 N–H and O–H groups in total. The van der Waals surface area contributed by atoms with E-state index in [4.69, 9.17) is 0 Å². The molecule has 0 saturated carbocycles. The summed E-state index contributed by atoms with van der Waals surface area (Å²) in [5, 5.41) is 1.09. The lowest BCUT2D eigenvalue weighted by molar-refractivity contribution is 0.632. The van der Waals surface area contributed by atoms with Crippen LogP contribution in [0.4, 0.5) is 0 Å². The molecule has 60 valence electrons. The van der Waals surface area contributed by atoms with Gasteiger partial charge < -0.3 is 0 Å². The molecule has 0 aromatic heterocycles. The summed E-state index contributed by atoms with van der Waals surface area (Å²) in [4.78, 5) is 0. The Morgan fingerprint density at radius 1 is 1.50 bits per heavy atom. The number of rotatable bonds is 5. The third kappa shape index (κ3) is 6.34. The van der Waals surface area contributed by atoms with Crippen LogP contribution in [0.25, 0.3) is 0 Å². The smallest absolute Gasteiger partial charge is 0.00659 e. The maximum absolute atomic E-state index is 3.39. The molecule has 0 heterocycles. The molecular formula is C9H17Br. The SMILES string of the molecule is CCCC(C)/C=C/CCBr. The predicted octanol–water partition coefficient (Wildman–Crippen LogP) is 3.76. The van der Waals surface area contributed by atoms with Gasteiger partial charge in [0, 0.05) is 5.33 Å². The zero-order chi connectivity index (χ0) is 7.82. The minimum atomic E-state index is 0.768. The summed E-state index contributed by atoms with van der Waals surface area (Å²) in [5.41, 5.74) is 0. The van der Waals surface area contributed by atoms with Crippen LogP contribution in [-0.4, -0.2) is 5.33 Å². The highest BCUT2D eigenvalue weighted by molar-refractivity contribution is 9.09. The van der Waals surface area contributed by atoms with Gasteiger partial charge >= 0.3 is 0 Å². The number of hydrogen-bond donors (Lipinski definition) is 0. The van der Waals surface area contributed by atoms with E-state index in [0.29, 0.717) is 0 Å². The molecule has 0 saturated heterocycles. The number of allylic oxidation sites excluding steroid dienone is 2. The minimum absolute atomic E-state index is 0.768. The van der Waals surface area contributed by atoms with Crippen molar-refractivity contribution >= 4 is 15.9 Å². The molecular weight excluding hydrogens is 188 g/mol. The Morgan fingerprint density at radius 3 is 2.70 bits per heavy atom. The molecule has 0 nitrogen and oxygen atoms in total. The molecule has 0 aliphatic carbocycles. The average molecular weight is 205 g/mol. The second-order valence-electron chi connectivity index (χ2n) is 2.67. The van der Waals surface area contributed by atoms with Gasteiger partial charge in [-0.05, 0) is 18.8 Å². The largest absolute Gasteiger partial charge is 0.0925 e. The van der Waals surface area contributed by atoms with Crippen molar-refractivity contribution in [2.45, 2.75) is 33.1 Å². The van der Waals surface area contributed by atoms with Gasteiger partial charge in [-0.25, -0.2) is 0 Å². The van der Waals surface area contributed by atoms with Crippen LogP contribution in [0.2, 0.25) is 0 Å². The molecule has 1 atom stereocenters. The molecule has 10 heavy (non-hydrogen) atoms. The maximum atomic E-state index is 3.39. The fourth-order valence-electron chi connectivity index (χ4n) is 0.943. The van der Waals surface area contributed by atoms with Crippen LogP contribution in [0.15, 0.2) is 12.2 Å². The van der Waals surface area contributed by atoms with E-state index in [0.717, 1.165) is 17.7 Å². The molecule has 0 rings (SSSR count). The van der Waals surface area contributed by atoms with Gasteiger partial charge in [-0.3, -0.25) is 0 Å². The molecule has 0 amide bonds. The van der Waals surface area contributed by atoms with Crippen molar-refractivity contribution in [3.63, 3.8) is 0 Å². The number of halogens is 1. The van der Waals surface area contributed by atoms with E-state index in [9.17, 15) is 0 Å². The van der Waals surface area contributed by atoms with Gasteiger partial charge in [0.05, 0.1) is 0 Å². The molecule has 0 spiro atoms. The Kier molecular flexibility index (Phi) is 7.49. The van der Waals surface area contributed by atoms with E-state index >= 15 is 0 Å². The molecule has 0 aromatic rings. The lowest BCUT2D eigenvalue weighted by atomic mass is 10.1. The fourth-order valence-corrected chi connectivity index (χ4v) is 1.21. The summed E-state index contributed by atoms with van der Waals surface area (Å²) < 4.78 is 0. The summed E-state index contributed by atoms with van der Waals surface area (Å²) in [5.74, 6) is 0.768. The molecule has 0 bridgehead atoms. The van der Waals surface area contributed by atoms with Crippen molar-refractivity contribution in [2.75, 3.05) is 5.33 Å². The summed E-state index contributed by atoms with van der Waals surface area (Å²) >= 11 is 3.39. The van der Waals surface area contributed by atoms with Crippen molar-refractivity contribution in [1.29, 1.82) is 0 Å². The zero-order valence-electron chi connectivity index (χ0n) is 6.94. The highest BCUT2D eigenvalue weighted by Crippen LogP contribution is 2.06. The van der Waals surface area contributed by atoms with Gasteiger partial charge in [0.1, 0.15) is 0 Å². The van der Waals surface area contributed by atoms with Crippen LogP contribution in [0.5, 0.6) is 0 Å². The number of hydrogen-bond acceptors (Lipinski definition) is 0. The quantitative estimate of drug-likeness (QED) is 0.473. The minimum Gasteiger partial charge on any atom is -0.0925 e. The second-order valence-corrected chi connectivity index (χ2v) is 3.46. The normalized spacial score (nSPS) is 14.3.